The van der Waals surface area contributed by atoms with Crippen LogP contribution < -0.4 is 5.32 Å². The average molecular weight is 237 g/mol. The van der Waals surface area contributed by atoms with Crippen molar-refractivity contribution in [1.29, 1.82) is 0 Å². The van der Waals surface area contributed by atoms with Gasteiger partial charge in [0.2, 0.25) is 0 Å². The van der Waals surface area contributed by atoms with Crippen molar-refractivity contribution in [1.82, 2.24) is 5.32 Å². The molecule has 0 spiro atoms. The number of hydrogen-bond acceptors (Lipinski definition) is 4. The largest absolute Gasteiger partial charge is 0.377 e. The van der Waals surface area contributed by atoms with Crippen LogP contribution >= 0.6 is 0 Å². The number of sulfone groups is 1. The zero-order valence-electron chi connectivity index (χ0n) is 10.3. The maximum absolute atomic E-state index is 11.1. The van der Waals surface area contributed by atoms with Gasteiger partial charge in [-0.15, -0.1) is 0 Å². The van der Waals surface area contributed by atoms with Crippen LogP contribution in [0.1, 0.15) is 26.7 Å². The minimum absolute atomic E-state index is 0.0576. The Hall–Kier alpha value is -0.130. The first-order valence-electron chi connectivity index (χ1n) is 5.19. The van der Waals surface area contributed by atoms with Crippen LogP contribution in [0.25, 0.3) is 0 Å². The molecule has 0 amide bonds. The fraction of sp³-hybridized carbons (Fsp3) is 1.00. The number of likely N-dealkylation sites (N-methyl/N-ethyl adjacent to an activating group) is 1. The monoisotopic (exact) mass is 237 g/mol. The summed E-state index contributed by atoms with van der Waals surface area (Å²) in [6.45, 7) is 4.03. The molecule has 0 saturated carbocycles. The smallest absolute Gasteiger partial charge is 0.147 e. The summed E-state index contributed by atoms with van der Waals surface area (Å²) in [5, 5.41) is 3.13. The van der Waals surface area contributed by atoms with Gasteiger partial charge in [-0.25, -0.2) is 8.42 Å². The van der Waals surface area contributed by atoms with E-state index >= 15 is 0 Å². The fourth-order valence-corrected chi connectivity index (χ4v) is 2.28. The number of hydrogen-bond donors (Lipinski definition) is 1. The van der Waals surface area contributed by atoms with E-state index in [2.05, 4.69) is 5.32 Å². The Bertz CT molecular complexity index is 270. The molecular formula is C10H23NO3S. The molecule has 92 valence electrons. The molecule has 15 heavy (non-hydrogen) atoms. The lowest BCUT2D eigenvalue weighted by molar-refractivity contribution is -0.0276. The Kier molecular flexibility index (Phi) is 5.77. The minimum Gasteiger partial charge on any atom is -0.377 e. The fourth-order valence-electron chi connectivity index (χ4n) is 1.62. The highest BCUT2D eigenvalue weighted by atomic mass is 32.2. The van der Waals surface area contributed by atoms with Gasteiger partial charge in [-0.05, 0) is 26.8 Å². The lowest BCUT2D eigenvalue weighted by Gasteiger charge is -2.35. The summed E-state index contributed by atoms with van der Waals surface area (Å²) in [4.78, 5) is 0. The first-order valence-corrected chi connectivity index (χ1v) is 7.25. The molecule has 0 bridgehead atoms. The van der Waals surface area contributed by atoms with Crippen molar-refractivity contribution >= 4 is 9.84 Å². The number of ether oxygens (including phenoxy) is 1. The molecule has 1 N–H and O–H groups in total. The summed E-state index contributed by atoms with van der Waals surface area (Å²) < 4.78 is 27.6. The van der Waals surface area contributed by atoms with Crippen LogP contribution in [0.2, 0.25) is 0 Å². The van der Waals surface area contributed by atoms with E-state index < -0.39 is 9.84 Å². The summed E-state index contributed by atoms with van der Waals surface area (Å²) in [6, 6.07) is 0.0576. The second-order valence-electron chi connectivity index (χ2n) is 4.13. The first-order chi connectivity index (χ1) is 6.79. The maximum atomic E-state index is 11.1. The van der Waals surface area contributed by atoms with E-state index in [1.165, 1.54) is 6.26 Å². The Morgan fingerprint density at radius 1 is 1.47 bits per heavy atom. The van der Waals surface area contributed by atoms with Crippen LogP contribution in [0.3, 0.4) is 0 Å². The Labute approximate surface area is 93.3 Å². The highest BCUT2D eigenvalue weighted by Gasteiger charge is 2.31. The van der Waals surface area contributed by atoms with E-state index in [-0.39, 0.29) is 17.4 Å². The van der Waals surface area contributed by atoms with E-state index in [0.29, 0.717) is 6.42 Å². The lowest BCUT2D eigenvalue weighted by atomic mass is 9.91. The molecule has 4 nitrogen and oxygen atoms in total. The third-order valence-electron chi connectivity index (χ3n) is 3.03. The van der Waals surface area contributed by atoms with Gasteiger partial charge in [0.1, 0.15) is 9.84 Å². The first kappa shape index (κ1) is 14.9. The molecule has 0 aliphatic heterocycles. The van der Waals surface area contributed by atoms with Gasteiger partial charge in [-0.3, -0.25) is 0 Å². The molecule has 0 aromatic rings. The topological polar surface area (TPSA) is 55.4 Å². The number of methoxy groups -OCH3 is 1. The average Bonchev–Trinajstić information content (AvgIpc) is 2.16. The summed E-state index contributed by atoms with van der Waals surface area (Å²) in [5.74, 6) is 0.192. The Morgan fingerprint density at radius 3 is 2.27 bits per heavy atom. The summed E-state index contributed by atoms with van der Waals surface area (Å²) >= 11 is 0. The number of rotatable bonds is 7. The van der Waals surface area contributed by atoms with Crippen LogP contribution in [0.4, 0.5) is 0 Å². The van der Waals surface area contributed by atoms with Gasteiger partial charge >= 0.3 is 0 Å². The molecule has 0 heterocycles. The van der Waals surface area contributed by atoms with Crippen molar-refractivity contribution in [2.45, 2.75) is 38.3 Å². The van der Waals surface area contributed by atoms with Crippen molar-refractivity contribution in [3.05, 3.63) is 0 Å². The molecule has 0 saturated heterocycles. The Morgan fingerprint density at radius 2 is 2.00 bits per heavy atom. The van der Waals surface area contributed by atoms with E-state index in [1.807, 2.05) is 20.9 Å². The van der Waals surface area contributed by atoms with Gasteiger partial charge in [0, 0.05) is 19.4 Å². The second-order valence-corrected chi connectivity index (χ2v) is 6.39. The SMILES string of the molecule is CCC(C)(OC)C(CCS(C)(=O)=O)NC. The highest BCUT2D eigenvalue weighted by Crippen LogP contribution is 2.21. The molecule has 2 unspecified atom stereocenters. The molecular weight excluding hydrogens is 214 g/mol. The number of nitrogens with one attached hydrogen (secondary N) is 1. The van der Waals surface area contributed by atoms with E-state index in [0.717, 1.165) is 6.42 Å². The van der Waals surface area contributed by atoms with Crippen LogP contribution in [-0.4, -0.2) is 46.2 Å². The highest BCUT2D eigenvalue weighted by molar-refractivity contribution is 7.90. The van der Waals surface area contributed by atoms with Crippen LogP contribution in [-0.2, 0) is 14.6 Å². The second kappa shape index (κ2) is 5.82. The maximum Gasteiger partial charge on any atom is 0.147 e. The summed E-state index contributed by atoms with van der Waals surface area (Å²) in [7, 11) is 0.593. The third kappa shape index (κ3) is 4.95. The molecule has 0 aliphatic rings. The van der Waals surface area contributed by atoms with Crippen molar-refractivity contribution in [2.24, 2.45) is 0 Å². The van der Waals surface area contributed by atoms with Crippen LogP contribution in [0.5, 0.6) is 0 Å². The van der Waals surface area contributed by atoms with Gasteiger partial charge in [0.15, 0.2) is 0 Å². The molecule has 0 aromatic carbocycles. The van der Waals surface area contributed by atoms with E-state index in [1.54, 1.807) is 7.11 Å². The third-order valence-corrected chi connectivity index (χ3v) is 4.01. The molecule has 5 heteroatoms. The predicted molar refractivity (Wildman–Crippen MR) is 62.9 cm³/mol. The molecule has 2 atom stereocenters. The summed E-state index contributed by atoms with van der Waals surface area (Å²) in [6.07, 6.45) is 2.68. The summed E-state index contributed by atoms with van der Waals surface area (Å²) in [5.41, 5.74) is -0.306. The molecule has 0 fully saturated rings. The van der Waals surface area contributed by atoms with Crippen molar-refractivity contribution in [2.75, 3.05) is 26.2 Å². The molecule has 0 aromatic heterocycles. The standard InChI is InChI=1S/C10H23NO3S/c1-6-10(2,14-4)9(11-3)7-8-15(5,12)13/h9,11H,6-8H2,1-5H3. The van der Waals surface area contributed by atoms with Gasteiger partial charge in [0.25, 0.3) is 0 Å². The van der Waals surface area contributed by atoms with E-state index in [9.17, 15) is 8.42 Å². The zero-order chi connectivity index (χ0) is 12.1. The van der Waals surface area contributed by atoms with Crippen molar-refractivity contribution in [3.8, 4) is 0 Å². The predicted octanol–water partition coefficient (Wildman–Crippen LogP) is 0.824. The normalized spacial score (nSPS) is 18.5. The molecule has 0 aliphatic carbocycles. The molecule has 0 radical (unpaired) electrons. The van der Waals surface area contributed by atoms with Gasteiger partial charge in [-0.2, -0.15) is 0 Å². The van der Waals surface area contributed by atoms with Crippen molar-refractivity contribution in [3.63, 3.8) is 0 Å². The quantitative estimate of drug-likeness (QED) is 0.712. The molecule has 0 rings (SSSR count). The zero-order valence-corrected chi connectivity index (χ0v) is 11.1. The van der Waals surface area contributed by atoms with Crippen LogP contribution in [0.15, 0.2) is 0 Å². The Balaban J connectivity index is 4.49. The lowest BCUT2D eigenvalue weighted by Crippen LogP contribution is -2.49. The van der Waals surface area contributed by atoms with Gasteiger partial charge in [0.05, 0.1) is 11.4 Å². The van der Waals surface area contributed by atoms with Crippen LogP contribution in [0, 0.1) is 0 Å². The van der Waals surface area contributed by atoms with Crippen molar-refractivity contribution < 1.29 is 13.2 Å². The van der Waals surface area contributed by atoms with Gasteiger partial charge in [-0.1, -0.05) is 6.92 Å². The van der Waals surface area contributed by atoms with E-state index in [4.69, 9.17) is 4.74 Å². The van der Waals surface area contributed by atoms with Gasteiger partial charge < -0.3 is 10.1 Å². The minimum atomic E-state index is -2.90.